The molecule has 0 amide bonds. The van der Waals surface area contributed by atoms with Crippen molar-refractivity contribution in [3.8, 4) is 60.8 Å². The molecule has 0 aliphatic carbocycles. The van der Waals surface area contributed by atoms with Crippen molar-refractivity contribution in [2.24, 2.45) is 0 Å². The first-order valence-corrected chi connectivity index (χ1v) is 15.8. The fourth-order valence-corrected chi connectivity index (χ4v) is 6.92. The van der Waals surface area contributed by atoms with E-state index in [0.717, 1.165) is 32.1 Å². The zero-order valence-corrected chi connectivity index (χ0v) is 26.0. The summed E-state index contributed by atoms with van der Waals surface area (Å²) in [6.45, 7) is 0.703. The molecule has 8 nitrogen and oxygen atoms in total. The summed E-state index contributed by atoms with van der Waals surface area (Å²) in [7, 11) is 0. The van der Waals surface area contributed by atoms with Crippen molar-refractivity contribution >= 4 is 46.1 Å². The lowest BCUT2D eigenvalue weighted by atomic mass is 10.1. The van der Waals surface area contributed by atoms with E-state index in [1.807, 2.05) is 18.2 Å². The van der Waals surface area contributed by atoms with Gasteiger partial charge in [0.2, 0.25) is 0 Å². The first-order chi connectivity index (χ1) is 23.7. The van der Waals surface area contributed by atoms with Gasteiger partial charge in [-0.3, -0.25) is 19.6 Å². The molecule has 9 heteroatoms. The van der Waals surface area contributed by atoms with Crippen molar-refractivity contribution in [1.82, 2.24) is 19.5 Å². The minimum atomic E-state index is 0.281. The minimum absolute atomic E-state index is 0.281. The summed E-state index contributed by atoms with van der Waals surface area (Å²) in [6.07, 6.45) is 3.25. The molecule has 0 saturated heterocycles. The Morgan fingerprint density at radius 1 is 0.542 bits per heavy atom. The van der Waals surface area contributed by atoms with E-state index in [1.165, 1.54) is 22.5 Å². The highest BCUT2D eigenvalue weighted by atomic mass is 32.1. The molecule has 5 heterocycles. The number of hydrogen-bond acceptors (Lipinski definition) is 8. The normalized spacial score (nSPS) is 11.1. The van der Waals surface area contributed by atoms with E-state index in [9.17, 15) is 9.59 Å². The highest BCUT2D eigenvalue weighted by molar-refractivity contribution is 7.18. The monoisotopic (exact) mass is 644 g/mol. The highest BCUT2D eigenvalue weighted by Gasteiger charge is 2.15. The molecule has 0 aliphatic rings. The van der Waals surface area contributed by atoms with E-state index in [1.54, 1.807) is 41.8 Å². The number of carbonyl (C=O) groups excluding carboxylic acids is 2. The number of aromatic nitrogens is 4. The van der Waals surface area contributed by atoms with Gasteiger partial charge in [-0.2, -0.15) is 0 Å². The van der Waals surface area contributed by atoms with Gasteiger partial charge in [0.1, 0.15) is 11.5 Å². The number of fused-ring (bicyclic) bond motifs is 3. The third kappa shape index (κ3) is 5.38. The molecule has 48 heavy (non-hydrogen) atoms. The van der Waals surface area contributed by atoms with E-state index < -0.39 is 0 Å². The maximum atomic E-state index is 11.2. The lowest BCUT2D eigenvalue weighted by molar-refractivity contribution is -0.121. The second kappa shape index (κ2) is 12.4. The number of pyridine rings is 3. The quantitative estimate of drug-likeness (QED) is 0.145. The Bertz CT molecular complexity index is 2470. The summed E-state index contributed by atoms with van der Waals surface area (Å²) < 4.78 is 12.5. The molecule has 0 saturated carbocycles. The van der Waals surface area contributed by atoms with Crippen LogP contribution < -0.4 is 9.47 Å². The Balaban J connectivity index is 1.15. The molecule has 3 aromatic carbocycles. The van der Waals surface area contributed by atoms with Gasteiger partial charge in [-0.25, -0.2) is 4.98 Å². The predicted molar refractivity (Wildman–Crippen MR) is 187 cm³/mol. The SMILES string of the molecule is O=COc1ccnc(-c2cc(OC=O)cc(-c3cc(-c4ccc(-c5ccc6c(c5)c5ccccc5n6-c5ccccc5)s4)ccn3)n2)c1. The smallest absolute Gasteiger partial charge is 0.298 e. The molecule has 8 aromatic rings. The van der Waals surface area contributed by atoms with Crippen molar-refractivity contribution in [2.45, 2.75) is 0 Å². The number of ether oxygens (including phenoxy) is 2. The first kappa shape index (κ1) is 29.0. The van der Waals surface area contributed by atoms with Gasteiger partial charge in [0.15, 0.2) is 0 Å². The van der Waals surface area contributed by atoms with Crippen molar-refractivity contribution in [3.63, 3.8) is 0 Å². The van der Waals surface area contributed by atoms with Crippen molar-refractivity contribution in [3.05, 3.63) is 134 Å². The summed E-state index contributed by atoms with van der Waals surface area (Å²) in [5.74, 6) is 0.595. The van der Waals surface area contributed by atoms with Crippen LogP contribution in [0.1, 0.15) is 0 Å². The van der Waals surface area contributed by atoms with Gasteiger partial charge in [-0.15, -0.1) is 11.3 Å². The largest absolute Gasteiger partial charge is 0.429 e. The fraction of sp³-hybridized carbons (Fsp3) is 0. The van der Waals surface area contributed by atoms with Gasteiger partial charge >= 0.3 is 0 Å². The van der Waals surface area contributed by atoms with Crippen LogP contribution in [0, 0.1) is 0 Å². The number of thiophene rings is 1. The zero-order valence-electron chi connectivity index (χ0n) is 25.2. The fourth-order valence-electron chi connectivity index (χ4n) is 5.93. The Labute approximate surface area is 278 Å². The minimum Gasteiger partial charge on any atom is -0.429 e. The summed E-state index contributed by atoms with van der Waals surface area (Å²) in [4.78, 5) is 38.0. The van der Waals surface area contributed by atoms with Crippen LogP contribution in [0.4, 0.5) is 0 Å². The Morgan fingerprint density at radius 2 is 1.17 bits per heavy atom. The van der Waals surface area contributed by atoms with Crippen LogP contribution in [-0.4, -0.2) is 32.5 Å². The summed E-state index contributed by atoms with van der Waals surface area (Å²) >= 11 is 1.70. The number of hydrogen-bond donors (Lipinski definition) is 0. The van der Waals surface area contributed by atoms with Crippen LogP contribution in [0.2, 0.25) is 0 Å². The molecule has 0 radical (unpaired) electrons. The number of para-hydroxylation sites is 2. The average molecular weight is 645 g/mol. The van der Waals surface area contributed by atoms with Gasteiger partial charge in [0.05, 0.1) is 33.8 Å². The van der Waals surface area contributed by atoms with Crippen LogP contribution >= 0.6 is 11.3 Å². The molecular weight excluding hydrogens is 621 g/mol. The van der Waals surface area contributed by atoms with Gasteiger partial charge in [0, 0.05) is 56.8 Å². The second-order valence-corrected chi connectivity index (χ2v) is 12.0. The van der Waals surface area contributed by atoms with Gasteiger partial charge in [-0.05, 0) is 71.8 Å². The van der Waals surface area contributed by atoms with E-state index in [-0.39, 0.29) is 5.75 Å². The number of nitrogens with zero attached hydrogens (tertiary/aromatic N) is 4. The molecule has 0 fully saturated rings. The molecule has 0 N–H and O–H groups in total. The molecule has 5 aromatic heterocycles. The van der Waals surface area contributed by atoms with E-state index in [0.29, 0.717) is 41.5 Å². The Morgan fingerprint density at radius 3 is 1.94 bits per heavy atom. The van der Waals surface area contributed by atoms with Gasteiger partial charge in [-0.1, -0.05) is 42.5 Å². The van der Waals surface area contributed by atoms with Gasteiger partial charge in [0.25, 0.3) is 12.9 Å². The maximum Gasteiger partial charge on any atom is 0.298 e. The number of carbonyl (C=O) groups is 2. The highest BCUT2D eigenvalue weighted by Crippen LogP contribution is 2.39. The van der Waals surface area contributed by atoms with Crippen LogP contribution in [-0.2, 0) is 9.59 Å². The lowest BCUT2D eigenvalue weighted by Gasteiger charge is -2.09. The second-order valence-electron chi connectivity index (χ2n) is 10.9. The number of rotatable bonds is 9. The van der Waals surface area contributed by atoms with E-state index in [2.05, 4.69) is 93.4 Å². The van der Waals surface area contributed by atoms with E-state index in [4.69, 9.17) is 14.5 Å². The van der Waals surface area contributed by atoms with E-state index >= 15 is 0 Å². The average Bonchev–Trinajstić information content (AvgIpc) is 3.76. The van der Waals surface area contributed by atoms with Crippen LogP contribution in [0.15, 0.2) is 134 Å². The van der Waals surface area contributed by atoms with Crippen molar-refractivity contribution in [2.75, 3.05) is 0 Å². The maximum absolute atomic E-state index is 11.2. The lowest BCUT2D eigenvalue weighted by Crippen LogP contribution is -1.97. The predicted octanol–water partition coefficient (Wildman–Crippen LogP) is 8.77. The van der Waals surface area contributed by atoms with Crippen molar-refractivity contribution in [1.29, 1.82) is 0 Å². The van der Waals surface area contributed by atoms with Gasteiger partial charge < -0.3 is 14.0 Å². The van der Waals surface area contributed by atoms with Crippen LogP contribution in [0.5, 0.6) is 11.5 Å². The molecule has 0 spiro atoms. The summed E-state index contributed by atoms with van der Waals surface area (Å²) in [5, 5.41) is 2.41. The van der Waals surface area contributed by atoms with Crippen LogP contribution in [0.25, 0.3) is 71.2 Å². The van der Waals surface area contributed by atoms with Crippen molar-refractivity contribution < 1.29 is 19.1 Å². The molecule has 0 unspecified atom stereocenters. The third-order valence-corrected chi connectivity index (χ3v) is 9.23. The first-order valence-electron chi connectivity index (χ1n) is 15.0. The molecule has 8 rings (SSSR count). The molecule has 0 atom stereocenters. The Kier molecular flexibility index (Phi) is 7.48. The topological polar surface area (TPSA) is 96.2 Å². The number of benzene rings is 3. The summed E-state index contributed by atoms with van der Waals surface area (Å²) in [6, 6.07) is 40.2. The molecule has 0 bridgehead atoms. The Hall–Kier alpha value is -6.45. The molecular formula is C39H24N4O4S. The zero-order chi connectivity index (χ0) is 32.5. The molecule has 0 aliphatic heterocycles. The summed E-state index contributed by atoms with van der Waals surface area (Å²) in [5.41, 5.74) is 7.53. The third-order valence-electron chi connectivity index (χ3n) is 8.05. The molecule has 230 valence electrons. The van der Waals surface area contributed by atoms with Crippen LogP contribution in [0.3, 0.4) is 0 Å². The standard InChI is InChI=1S/C39H24N4O4S/c44-23-46-28-15-17-41-33(20-28)35-22-29(47-24-45)21-34(42-35)32-19-26(14-16-40-32)39-13-12-38(48-39)25-10-11-37-31(18-25)30-8-4-5-9-36(30)43(37)27-6-2-1-3-7-27/h1-24H.